The van der Waals surface area contributed by atoms with Crippen LogP contribution in [0.15, 0.2) is 6.33 Å². The Morgan fingerprint density at radius 2 is 2.41 bits per heavy atom. The molecule has 5 heteroatoms. The predicted molar refractivity (Wildman–Crippen MR) is 67.9 cm³/mol. The van der Waals surface area contributed by atoms with Crippen LogP contribution in [0.3, 0.4) is 0 Å². The molecule has 1 aliphatic rings. The Bertz CT molecular complexity index is 327. The third-order valence-electron chi connectivity index (χ3n) is 3.35. The summed E-state index contributed by atoms with van der Waals surface area (Å²) in [6.07, 6.45) is 5.51. The minimum absolute atomic E-state index is 0.728. The van der Waals surface area contributed by atoms with Crippen LogP contribution in [0.5, 0.6) is 0 Å². The molecule has 0 radical (unpaired) electrons. The van der Waals surface area contributed by atoms with Gasteiger partial charge in [-0.15, -0.1) is 10.2 Å². The van der Waals surface area contributed by atoms with E-state index in [-0.39, 0.29) is 0 Å². The largest absolute Gasteiger partial charge is 0.316 e. The summed E-state index contributed by atoms with van der Waals surface area (Å²) < 4.78 is 2.19. The average molecular weight is 237 g/mol. The monoisotopic (exact) mass is 237 g/mol. The van der Waals surface area contributed by atoms with Gasteiger partial charge in [0.15, 0.2) is 0 Å². The molecule has 1 aromatic heterocycles. The molecule has 0 amide bonds. The van der Waals surface area contributed by atoms with Crippen LogP contribution in [0.4, 0.5) is 0 Å². The number of piperidine rings is 1. The Labute approximate surface area is 103 Å². The first-order valence-corrected chi connectivity index (χ1v) is 6.48. The van der Waals surface area contributed by atoms with Crippen LogP contribution in [-0.4, -0.2) is 53.4 Å². The van der Waals surface area contributed by atoms with Crippen molar-refractivity contribution in [2.45, 2.75) is 25.8 Å². The molecule has 1 atom stereocenters. The van der Waals surface area contributed by atoms with Gasteiger partial charge in [-0.2, -0.15) is 0 Å². The van der Waals surface area contributed by atoms with E-state index in [0.29, 0.717) is 0 Å². The third kappa shape index (κ3) is 3.78. The standard InChI is InChI=1S/C12H23N5/c1-16(2)6-7-17-10-14-15-12(17)8-11-4-3-5-13-9-11/h10-11,13H,3-9H2,1-2H3. The van der Waals surface area contributed by atoms with Crippen LogP contribution in [0.2, 0.25) is 0 Å². The number of nitrogens with one attached hydrogen (secondary N) is 1. The molecular formula is C12H23N5. The van der Waals surface area contributed by atoms with E-state index in [1.807, 2.05) is 6.33 Å². The van der Waals surface area contributed by atoms with Gasteiger partial charge in [-0.25, -0.2) is 0 Å². The van der Waals surface area contributed by atoms with Crippen molar-refractivity contribution < 1.29 is 0 Å². The molecule has 1 aromatic rings. The van der Waals surface area contributed by atoms with Crippen molar-refractivity contribution in [2.75, 3.05) is 33.7 Å². The summed E-state index contributed by atoms with van der Waals surface area (Å²) >= 11 is 0. The van der Waals surface area contributed by atoms with E-state index >= 15 is 0 Å². The highest BCUT2D eigenvalue weighted by Gasteiger charge is 2.16. The highest BCUT2D eigenvalue weighted by atomic mass is 15.3. The lowest BCUT2D eigenvalue weighted by Crippen LogP contribution is -2.31. The van der Waals surface area contributed by atoms with Gasteiger partial charge >= 0.3 is 0 Å². The number of likely N-dealkylation sites (N-methyl/N-ethyl adjacent to an activating group) is 1. The summed E-state index contributed by atoms with van der Waals surface area (Å²) in [4.78, 5) is 2.19. The van der Waals surface area contributed by atoms with Crippen molar-refractivity contribution in [1.82, 2.24) is 25.0 Å². The Hall–Kier alpha value is -0.940. The molecule has 1 unspecified atom stereocenters. The fraction of sp³-hybridized carbons (Fsp3) is 0.833. The summed E-state index contributed by atoms with van der Waals surface area (Å²) in [6.45, 7) is 4.31. The highest BCUT2D eigenvalue weighted by Crippen LogP contribution is 2.14. The lowest BCUT2D eigenvalue weighted by molar-refractivity contribution is 0.354. The van der Waals surface area contributed by atoms with Crippen molar-refractivity contribution in [1.29, 1.82) is 0 Å². The number of hydrogen-bond donors (Lipinski definition) is 1. The average Bonchev–Trinajstić information content (AvgIpc) is 2.75. The second-order valence-corrected chi connectivity index (χ2v) is 5.16. The number of hydrogen-bond acceptors (Lipinski definition) is 4. The molecule has 96 valence electrons. The molecule has 2 rings (SSSR count). The molecule has 1 fully saturated rings. The quantitative estimate of drug-likeness (QED) is 0.804. The molecule has 0 aromatic carbocycles. The zero-order valence-corrected chi connectivity index (χ0v) is 10.9. The van der Waals surface area contributed by atoms with Crippen LogP contribution in [0.25, 0.3) is 0 Å². The maximum absolute atomic E-state index is 4.25. The molecule has 1 N–H and O–H groups in total. The first-order chi connectivity index (χ1) is 8.25. The van der Waals surface area contributed by atoms with Gasteiger partial charge in [0, 0.05) is 19.5 Å². The molecule has 0 saturated carbocycles. The predicted octanol–water partition coefficient (Wildman–Crippen LogP) is 0.382. The highest BCUT2D eigenvalue weighted by molar-refractivity contribution is 4.90. The maximum atomic E-state index is 4.25. The summed E-state index contributed by atoms with van der Waals surface area (Å²) in [7, 11) is 4.18. The lowest BCUT2D eigenvalue weighted by atomic mass is 9.96. The smallest absolute Gasteiger partial charge is 0.133 e. The minimum atomic E-state index is 0.728. The minimum Gasteiger partial charge on any atom is -0.316 e. The van der Waals surface area contributed by atoms with Gasteiger partial charge in [-0.05, 0) is 45.9 Å². The summed E-state index contributed by atoms with van der Waals surface area (Å²) in [5.74, 6) is 1.87. The molecule has 2 heterocycles. The van der Waals surface area contributed by atoms with E-state index in [9.17, 15) is 0 Å². The van der Waals surface area contributed by atoms with Crippen molar-refractivity contribution in [2.24, 2.45) is 5.92 Å². The van der Waals surface area contributed by atoms with Gasteiger partial charge in [0.1, 0.15) is 12.2 Å². The Morgan fingerprint density at radius 3 is 3.12 bits per heavy atom. The normalized spacial score (nSPS) is 21.0. The molecular weight excluding hydrogens is 214 g/mol. The van der Waals surface area contributed by atoms with Gasteiger partial charge in [0.2, 0.25) is 0 Å². The SMILES string of the molecule is CN(C)CCn1cnnc1CC1CCCNC1. The maximum Gasteiger partial charge on any atom is 0.133 e. The van der Waals surface area contributed by atoms with Crippen molar-refractivity contribution in [3.05, 3.63) is 12.2 Å². The van der Waals surface area contributed by atoms with E-state index in [2.05, 4.69) is 39.1 Å². The van der Waals surface area contributed by atoms with E-state index in [4.69, 9.17) is 0 Å². The molecule has 0 bridgehead atoms. The lowest BCUT2D eigenvalue weighted by Gasteiger charge is -2.22. The summed E-state index contributed by atoms with van der Waals surface area (Å²) in [5.41, 5.74) is 0. The van der Waals surface area contributed by atoms with Gasteiger partial charge in [-0.1, -0.05) is 0 Å². The van der Waals surface area contributed by atoms with Gasteiger partial charge < -0.3 is 14.8 Å². The van der Waals surface area contributed by atoms with Crippen LogP contribution in [0.1, 0.15) is 18.7 Å². The van der Waals surface area contributed by atoms with Crippen molar-refractivity contribution >= 4 is 0 Å². The number of rotatable bonds is 5. The number of aromatic nitrogens is 3. The topological polar surface area (TPSA) is 46.0 Å². The molecule has 17 heavy (non-hydrogen) atoms. The number of nitrogens with zero attached hydrogens (tertiary/aromatic N) is 4. The van der Waals surface area contributed by atoms with Crippen LogP contribution < -0.4 is 5.32 Å². The summed E-state index contributed by atoms with van der Waals surface area (Å²) in [5, 5.41) is 11.7. The van der Waals surface area contributed by atoms with Crippen LogP contribution >= 0.6 is 0 Å². The van der Waals surface area contributed by atoms with E-state index in [0.717, 1.165) is 37.8 Å². The second-order valence-electron chi connectivity index (χ2n) is 5.16. The first kappa shape index (κ1) is 12.5. The van der Waals surface area contributed by atoms with Crippen LogP contribution in [-0.2, 0) is 13.0 Å². The Kier molecular flexibility index (Phi) is 4.50. The fourth-order valence-corrected chi connectivity index (χ4v) is 2.29. The van der Waals surface area contributed by atoms with Gasteiger partial charge in [-0.3, -0.25) is 0 Å². The van der Waals surface area contributed by atoms with Gasteiger partial charge in [0.25, 0.3) is 0 Å². The molecule has 1 aliphatic heterocycles. The summed E-state index contributed by atoms with van der Waals surface area (Å²) in [6, 6.07) is 0. The molecule has 0 aliphatic carbocycles. The fourth-order valence-electron chi connectivity index (χ4n) is 2.29. The van der Waals surface area contributed by atoms with E-state index in [1.165, 1.54) is 19.4 Å². The Balaban J connectivity index is 1.88. The molecule has 0 spiro atoms. The molecule has 1 saturated heterocycles. The van der Waals surface area contributed by atoms with E-state index < -0.39 is 0 Å². The molecule has 5 nitrogen and oxygen atoms in total. The Morgan fingerprint density at radius 1 is 1.53 bits per heavy atom. The second kappa shape index (κ2) is 6.12. The van der Waals surface area contributed by atoms with Crippen molar-refractivity contribution in [3.63, 3.8) is 0 Å². The third-order valence-corrected chi connectivity index (χ3v) is 3.35. The van der Waals surface area contributed by atoms with Crippen molar-refractivity contribution in [3.8, 4) is 0 Å². The first-order valence-electron chi connectivity index (χ1n) is 6.48. The van der Waals surface area contributed by atoms with Gasteiger partial charge in [0.05, 0.1) is 0 Å². The van der Waals surface area contributed by atoms with E-state index in [1.54, 1.807) is 0 Å². The zero-order valence-electron chi connectivity index (χ0n) is 10.9. The zero-order chi connectivity index (χ0) is 12.1. The van der Waals surface area contributed by atoms with Crippen LogP contribution in [0, 0.1) is 5.92 Å².